The summed E-state index contributed by atoms with van der Waals surface area (Å²) in [6.45, 7) is 0. The Morgan fingerprint density at radius 2 is 2.29 bits per heavy atom. The third-order valence-corrected chi connectivity index (χ3v) is 5.13. The van der Waals surface area contributed by atoms with Crippen LogP contribution in [0.1, 0.15) is 25.7 Å². The average molecular weight is 257 g/mol. The molecule has 0 spiro atoms. The monoisotopic (exact) mass is 257 g/mol. The third-order valence-electron chi connectivity index (χ3n) is 3.99. The van der Waals surface area contributed by atoms with Gasteiger partial charge in [-0.3, -0.25) is 4.79 Å². The zero-order chi connectivity index (χ0) is 12.5. The number of nitrogens with two attached hydrogens (primary N) is 1. The fourth-order valence-electron chi connectivity index (χ4n) is 2.54. The van der Waals surface area contributed by atoms with Crippen molar-refractivity contribution in [2.75, 3.05) is 18.6 Å². The summed E-state index contributed by atoms with van der Waals surface area (Å²) in [4.78, 5) is 14.3. The van der Waals surface area contributed by atoms with Crippen molar-refractivity contribution in [1.29, 1.82) is 0 Å². The lowest BCUT2D eigenvalue weighted by atomic mass is 9.66. The second-order valence-corrected chi connectivity index (χ2v) is 6.00. The maximum Gasteiger partial charge on any atom is 0.236 e. The summed E-state index contributed by atoms with van der Waals surface area (Å²) in [5, 5.41) is 11.9. The molecule has 1 atom stereocenters. The highest BCUT2D eigenvalue weighted by Gasteiger charge is 2.50. The molecule has 1 saturated heterocycles. The van der Waals surface area contributed by atoms with Gasteiger partial charge in [-0.1, -0.05) is 11.6 Å². The van der Waals surface area contributed by atoms with E-state index in [4.69, 9.17) is 10.9 Å². The first-order valence-corrected chi connectivity index (χ1v) is 7.10. The van der Waals surface area contributed by atoms with E-state index in [0.29, 0.717) is 18.9 Å². The van der Waals surface area contributed by atoms with Crippen LogP contribution in [0, 0.1) is 5.41 Å². The van der Waals surface area contributed by atoms with Crippen molar-refractivity contribution >= 4 is 23.5 Å². The minimum atomic E-state index is -0.725. The highest BCUT2D eigenvalue weighted by molar-refractivity contribution is 7.99. The van der Waals surface area contributed by atoms with Crippen molar-refractivity contribution in [2.24, 2.45) is 16.3 Å². The van der Waals surface area contributed by atoms with Crippen LogP contribution >= 0.6 is 11.8 Å². The Hall–Kier alpha value is -0.910. The van der Waals surface area contributed by atoms with Gasteiger partial charge in [0, 0.05) is 18.8 Å². The Labute approximate surface area is 105 Å². The van der Waals surface area contributed by atoms with Crippen LogP contribution in [0.5, 0.6) is 0 Å². The Morgan fingerprint density at radius 3 is 2.71 bits per heavy atom. The van der Waals surface area contributed by atoms with E-state index in [1.54, 1.807) is 4.90 Å². The van der Waals surface area contributed by atoms with Crippen molar-refractivity contribution in [1.82, 2.24) is 4.90 Å². The quantitative estimate of drug-likeness (QED) is 0.340. The van der Waals surface area contributed by atoms with Gasteiger partial charge in [0.2, 0.25) is 5.91 Å². The summed E-state index contributed by atoms with van der Waals surface area (Å²) < 4.78 is 0. The summed E-state index contributed by atoms with van der Waals surface area (Å²) in [5.74, 6) is 2.20. The SMILES string of the molecule is CN(C(=O)C1(C(N)=NO)CCC1)C1CCSC1. The molecule has 2 fully saturated rings. The van der Waals surface area contributed by atoms with Crippen LogP contribution in [0.15, 0.2) is 5.16 Å². The van der Waals surface area contributed by atoms with E-state index in [9.17, 15) is 4.79 Å². The Kier molecular flexibility index (Phi) is 3.51. The van der Waals surface area contributed by atoms with Crippen molar-refractivity contribution in [2.45, 2.75) is 31.7 Å². The van der Waals surface area contributed by atoms with E-state index in [0.717, 1.165) is 24.3 Å². The number of hydrogen-bond donors (Lipinski definition) is 2. The number of oxime groups is 1. The standard InChI is InChI=1S/C11H19N3O2S/c1-14(8-3-6-17-7-8)10(15)11(4-2-5-11)9(12)13-16/h8,16H,2-7H2,1H3,(H2,12,13). The van der Waals surface area contributed by atoms with Gasteiger partial charge in [0.15, 0.2) is 5.84 Å². The zero-order valence-corrected chi connectivity index (χ0v) is 10.9. The first-order valence-electron chi connectivity index (χ1n) is 5.95. The molecule has 96 valence electrons. The minimum absolute atomic E-state index is 0.0200. The maximum atomic E-state index is 12.5. The second-order valence-electron chi connectivity index (χ2n) is 4.85. The average Bonchev–Trinajstić information content (AvgIpc) is 2.79. The molecule has 6 heteroatoms. The summed E-state index contributed by atoms with van der Waals surface area (Å²) in [6, 6.07) is 0.302. The van der Waals surface area contributed by atoms with Crippen molar-refractivity contribution in [3.05, 3.63) is 0 Å². The second kappa shape index (κ2) is 4.76. The zero-order valence-electron chi connectivity index (χ0n) is 10.1. The Balaban J connectivity index is 2.12. The number of thioether (sulfide) groups is 1. The van der Waals surface area contributed by atoms with Gasteiger partial charge in [0.25, 0.3) is 0 Å². The van der Waals surface area contributed by atoms with Crippen LogP contribution < -0.4 is 5.73 Å². The molecule has 1 amide bonds. The number of carbonyl (C=O) groups is 1. The van der Waals surface area contributed by atoms with Gasteiger partial charge in [-0.2, -0.15) is 11.8 Å². The lowest BCUT2D eigenvalue weighted by Crippen LogP contribution is -2.56. The summed E-state index contributed by atoms with van der Waals surface area (Å²) in [5.41, 5.74) is 4.97. The van der Waals surface area contributed by atoms with Crippen LogP contribution in [0.3, 0.4) is 0 Å². The van der Waals surface area contributed by atoms with E-state index < -0.39 is 5.41 Å². The number of rotatable bonds is 3. The van der Waals surface area contributed by atoms with Gasteiger partial charge in [0.1, 0.15) is 5.41 Å². The Bertz CT molecular complexity index is 336. The molecule has 2 aliphatic rings. The molecule has 0 bridgehead atoms. The van der Waals surface area contributed by atoms with Crippen LogP contribution in [-0.4, -0.2) is 46.4 Å². The highest BCUT2D eigenvalue weighted by atomic mass is 32.2. The van der Waals surface area contributed by atoms with E-state index in [1.165, 1.54) is 0 Å². The van der Waals surface area contributed by atoms with Gasteiger partial charge in [-0.25, -0.2) is 0 Å². The molecule has 1 aliphatic carbocycles. The van der Waals surface area contributed by atoms with Crippen LogP contribution in [0.2, 0.25) is 0 Å². The number of hydrogen-bond acceptors (Lipinski definition) is 4. The number of amidine groups is 1. The smallest absolute Gasteiger partial charge is 0.236 e. The molecule has 0 radical (unpaired) electrons. The van der Waals surface area contributed by atoms with Crippen molar-refractivity contribution in [3.63, 3.8) is 0 Å². The fourth-order valence-corrected chi connectivity index (χ4v) is 3.80. The number of amides is 1. The molecular formula is C11H19N3O2S. The van der Waals surface area contributed by atoms with E-state index >= 15 is 0 Å². The van der Waals surface area contributed by atoms with Crippen molar-refractivity contribution < 1.29 is 10.0 Å². The summed E-state index contributed by atoms with van der Waals surface area (Å²) in [7, 11) is 1.84. The van der Waals surface area contributed by atoms with Gasteiger partial charge in [0.05, 0.1) is 0 Å². The predicted octanol–water partition coefficient (Wildman–Crippen LogP) is 0.867. The first-order chi connectivity index (χ1) is 8.12. The predicted molar refractivity (Wildman–Crippen MR) is 68.2 cm³/mol. The molecule has 0 aromatic rings. The largest absolute Gasteiger partial charge is 0.409 e. The van der Waals surface area contributed by atoms with Crippen LogP contribution in [0.4, 0.5) is 0 Å². The molecule has 3 N–H and O–H groups in total. The lowest BCUT2D eigenvalue weighted by molar-refractivity contribution is -0.142. The molecule has 1 heterocycles. The minimum Gasteiger partial charge on any atom is -0.409 e. The first kappa shape index (κ1) is 12.5. The lowest BCUT2D eigenvalue weighted by Gasteiger charge is -2.42. The molecule has 1 aliphatic heterocycles. The molecule has 2 rings (SSSR count). The van der Waals surface area contributed by atoms with E-state index in [-0.39, 0.29) is 11.7 Å². The van der Waals surface area contributed by atoms with Gasteiger partial charge in [-0.05, 0) is 25.0 Å². The molecule has 0 aromatic carbocycles. The topological polar surface area (TPSA) is 78.9 Å². The molecular weight excluding hydrogens is 238 g/mol. The molecule has 1 unspecified atom stereocenters. The normalized spacial score (nSPS) is 27.6. The van der Waals surface area contributed by atoms with E-state index in [2.05, 4.69) is 5.16 Å². The summed E-state index contributed by atoms with van der Waals surface area (Å²) in [6.07, 6.45) is 3.41. The van der Waals surface area contributed by atoms with Crippen LogP contribution in [-0.2, 0) is 4.79 Å². The number of carbonyl (C=O) groups excluding carboxylic acids is 1. The maximum absolute atomic E-state index is 12.5. The van der Waals surface area contributed by atoms with Gasteiger partial charge in [-0.15, -0.1) is 0 Å². The molecule has 5 nitrogen and oxygen atoms in total. The van der Waals surface area contributed by atoms with E-state index in [1.807, 2.05) is 18.8 Å². The van der Waals surface area contributed by atoms with Gasteiger partial charge >= 0.3 is 0 Å². The fraction of sp³-hybridized carbons (Fsp3) is 0.818. The molecule has 0 aromatic heterocycles. The summed E-state index contributed by atoms with van der Waals surface area (Å²) >= 11 is 1.87. The molecule has 1 saturated carbocycles. The van der Waals surface area contributed by atoms with Gasteiger partial charge < -0.3 is 15.8 Å². The van der Waals surface area contributed by atoms with Crippen LogP contribution in [0.25, 0.3) is 0 Å². The number of nitrogens with zero attached hydrogens (tertiary/aromatic N) is 2. The highest BCUT2D eigenvalue weighted by Crippen LogP contribution is 2.43. The Morgan fingerprint density at radius 1 is 1.59 bits per heavy atom. The third kappa shape index (κ3) is 1.99. The van der Waals surface area contributed by atoms with Crippen molar-refractivity contribution in [3.8, 4) is 0 Å². The molecule has 17 heavy (non-hydrogen) atoms.